The van der Waals surface area contributed by atoms with Crippen LogP contribution in [0.3, 0.4) is 0 Å². The van der Waals surface area contributed by atoms with Crippen molar-refractivity contribution >= 4 is 21.7 Å². The molecule has 0 aliphatic carbocycles. The monoisotopic (exact) mass is 244 g/mol. The van der Waals surface area contributed by atoms with Gasteiger partial charge in [0.25, 0.3) is 0 Å². The average molecular weight is 244 g/mol. The van der Waals surface area contributed by atoms with Crippen molar-refractivity contribution in [2.75, 3.05) is 0 Å². The predicted molar refractivity (Wildman–Crippen MR) is 64.6 cm³/mol. The number of primary sulfonamides is 1. The summed E-state index contributed by atoms with van der Waals surface area (Å²) in [6.45, 7) is 4.00. The zero-order valence-corrected chi connectivity index (χ0v) is 10.0. The highest BCUT2D eigenvalue weighted by atomic mass is 32.2. The molecule has 0 heterocycles. The van der Waals surface area contributed by atoms with Crippen molar-refractivity contribution in [2.45, 2.75) is 18.7 Å². The Morgan fingerprint density at radius 1 is 1.25 bits per heavy atom. The third-order valence-corrected chi connectivity index (χ3v) is 2.32. The summed E-state index contributed by atoms with van der Waals surface area (Å²) >= 11 is 0. The Bertz CT molecular complexity index is 464. The predicted octanol–water partition coefficient (Wildman–Crippen LogP) is 0.265. The van der Waals surface area contributed by atoms with Crippen LogP contribution in [-0.4, -0.2) is 14.4 Å². The van der Waals surface area contributed by atoms with Gasteiger partial charge in [0.15, 0.2) is 5.96 Å². The molecule has 0 unspecified atom stereocenters. The summed E-state index contributed by atoms with van der Waals surface area (Å²) in [7, 11) is -3.71. The summed E-state index contributed by atoms with van der Waals surface area (Å²) in [6, 6.07) is 5.71. The first-order valence-electron chi connectivity index (χ1n) is 4.62. The zero-order chi connectivity index (χ0) is 12.8. The van der Waals surface area contributed by atoms with Crippen LogP contribution < -0.4 is 16.6 Å². The van der Waals surface area contributed by atoms with Crippen LogP contribution >= 0.6 is 0 Å². The first kappa shape index (κ1) is 14.4. The van der Waals surface area contributed by atoms with Crippen LogP contribution in [0.15, 0.2) is 34.2 Å². The normalized spacial score (nSPS) is 9.94. The second kappa shape index (κ2) is 6.09. The molecule has 0 radical (unpaired) electrons. The topological polar surface area (TPSA) is 125 Å². The van der Waals surface area contributed by atoms with E-state index in [2.05, 4.69) is 4.99 Å². The number of nitrogens with zero attached hydrogens (tertiary/aromatic N) is 1. The van der Waals surface area contributed by atoms with E-state index < -0.39 is 10.0 Å². The van der Waals surface area contributed by atoms with Crippen molar-refractivity contribution in [2.24, 2.45) is 21.6 Å². The molecule has 0 aliphatic heterocycles. The molecule has 0 aromatic heterocycles. The molecular formula is C9H16N4O2S. The van der Waals surface area contributed by atoms with E-state index in [1.54, 1.807) is 6.07 Å². The van der Waals surface area contributed by atoms with Crippen LogP contribution in [0, 0.1) is 0 Å². The van der Waals surface area contributed by atoms with E-state index in [1.165, 1.54) is 18.2 Å². The molecule has 0 saturated heterocycles. The number of rotatable bonds is 2. The van der Waals surface area contributed by atoms with Crippen LogP contribution in [0.1, 0.15) is 13.8 Å². The Balaban J connectivity index is 0.00000106. The summed E-state index contributed by atoms with van der Waals surface area (Å²) < 4.78 is 21.9. The molecule has 0 saturated carbocycles. The number of nitrogens with two attached hydrogens (primary N) is 3. The lowest BCUT2D eigenvalue weighted by Gasteiger charge is -1.99. The maximum absolute atomic E-state index is 10.9. The summed E-state index contributed by atoms with van der Waals surface area (Å²) in [4.78, 5) is 3.66. The van der Waals surface area contributed by atoms with Crippen molar-refractivity contribution < 1.29 is 8.42 Å². The second-order valence-corrected chi connectivity index (χ2v) is 4.14. The molecule has 7 heteroatoms. The Morgan fingerprint density at radius 3 is 2.25 bits per heavy atom. The Labute approximate surface area is 95.2 Å². The summed E-state index contributed by atoms with van der Waals surface area (Å²) in [5.41, 5.74) is 10.6. The Kier molecular flexibility index (Phi) is 5.48. The molecule has 6 nitrogen and oxygen atoms in total. The minimum absolute atomic E-state index is 0.0278. The molecule has 0 aliphatic rings. The van der Waals surface area contributed by atoms with Gasteiger partial charge in [-0.25, -0.2) is 18.5 Å². The fourth-order valence-electron chi connectivity index (χ4n) is 0.879. The minimum Gasteiger partial charge on any atom is -0.370 e. The van der Waals surface area contributed by atoms with Crippen LogP contribution in [-0.2, 0) is 10.0 Å². The quantitative estimate of drug-likeness (QED) is 0.510. The van der Waals surface area contributed by atoms with E-state index in [4.69, 9.17) is 16.6 Å². The summed E-state index contributed by atoms with van der Waals surface area (Å²) in [5.74, 6) is -0.142. The SMILES string of the molecule is CC.NC(N)=Nc1cccc(S(N)(=O)=O)c1. The smallest absolute Gasteiger partial charge is 0.238 e. The molecule has 16 heavy (non-hydrogen) atoms. The lowest BCUT2D eigenvalue weighted by molar-refractivity contribution is 0.598. The van der Waals surface area contributed by atoms with E-state index in [1.807, 2.05) is 13.8 Å². The number of hydrogen-bond acceptors (Lipinski definition) is 3. The van der Waals surface area contributed by atoms with Crippen molar-refractivity contribution in [1.29, 1.82) is 0 Å². The molecule has 0 spiro atoms. The molecular weight excluding hydrogens is 228 g/mol. The van der Waals surface area contributed by atoms with Crippen LogP contribution in [0.25, 0.3) is 0 Å². The Hall–Kier alpha value is -1.60. The van der Waals surface area contributed by atoms with Gasteiger partial charge in [-0.15, -0.1) is 0 Å². The second-order valence-electron chi connectivity index (χ2n) is 2.58. The van der Waals surface area contributed by atoms with Crippen molar-refractivity contribution in [3.05, 3.63) is 24.3 Å². The van der Waals surface area contributed by atoms with E-state index in [0.29, 0.717) is 5.69 Å². The van der Waals surface area contributed by atoms with Crippen molar-refractivity contribution in [1.82, 2.24) is 0 Å². The van der Waals surface area contributed by atoms with Crippen LogP contribution in [0.4, 0.5) is 5.69 Å². The molecule has 90 valence electrons. The van der Waals surface area contributed by atoms with Crippen molar-refractivity contribution in [3.8, 4) is 0 Å². The van der Waals surface area contributed by atoms with Gasteiger partial charge in [0.1, 0.15) is 0 Å². The van der Waals surface area contributed by atoms with Crippen molar-refractivity contribution in [3.63, 3.8) is 0 Å². The molecule has 0 atom stereocenters. The minimum atomic E-state index is -3.71. The molecule has 1 rings (SSSR count). The van der Waals surface area contributed by atoms with E-state index >= 15 is 0 Å². The summed E-state index contributed by atoms with van der Waals surface area (Å²) in [6.07, 6.45) is 0. The molecule has 1 aromatic rings. The number of benzene rings is 1. The number of guanidine groups is 1. The van der Waals surface area contributed by atoms with E-state index in [0.717, 1.165) is 0 Å². The maximum Gasteiger partial charge on any atom is 0.238 e. The largest absolute Gasteiger partial charge is 0.370 e. The van der Waals surface area contributed by atoms with Gasteiger partial charge < -0.3 is 11.5 Å². The van der Waals surface area contributed by atoms with Gasteiger partial charge in [0.2, 0.25) is 10.0 Å². The van der Waals surface area contributed by atoms with Crippen LogP contribution in [0.5, 0.6) is 0 Å². The third-order valence-electron chi connectivity index (χ3n) is 1.40. The Morgan fingerprint density at radius 2 is 1.81 bits per heavy atom. The fourth-order valence-corrected chi connectivity index (χ4v) is 1.43. The zero-order valence-electron chi connectivity index (χ0n) is 9.21. The van der Waals surface area contributed by atoms with Crippen LogP contribution in [0.2, 0.25) is 0 Å². The molecule has 0 amide bonds. The standard InChI is InChI=1S/C7H10N4O2S.C2H6/c8-7(9)11-5-2-1-3-6(4-5)14(10,12)13;1-2/h1-4H,(H4,8,9,11)(H2,10,12,13);1-2H3. The van der Waals surface area contributed by atoms with Gasteiger partial charge in [-0.3, -0.25) is 0 Å². The molecule has 0 fully saturated rings. The lowest BCUT2D eigenvalue weighted by atomic mass is 10.3. The van der Waals surface area contributed by atoms with Gasteiger partial charge in [-0.05, 0) is 18.2 Å². The van der Waals surface area contributed by atoms with Gasteiger partial charge >= 0.3 is 0 Å². The highest BCUT2D eigenvalue weighted by Crippen LogP contribution is 2.16. The highest BCUT2D eigenvalue weighted by Gasteiger charge is 2.07. The van der Waals surface area contributed by atoms with Gasteiger partial charge in [0.05, 0.1) is 10.6 Å². The van der Waals surface area contributed by atoms with Gasteiger partial charge in [-0.2, -0.15) is 0 Å². The summed E-state index contributed by atoms with van der Waals surface area (Å²) in [5, 5.41) is 4.92. The molecule has 1 aromatic carbocycles. The number of hydrogen-bond donors (Lipinski definition) is 3. The van der Waals surface area contributed by atoms with Gasteiger partial charge in [0, 0.05) is 0 Å². The fraction of sp³-hybridized carbons (Fsp3) is 0.222. The van der Waals surface area contributed by atoms with E-state index in [-0.39, 0.29) is 10.9 Å². The van der Waals surface area contributed by atoms with Gasteiger partial charge in [-0.1, -0.05) is 19.9 Å². The number of aliphatic imine (C=N–C) groups is 1. The first-order chi connectivity index (χ1) is 7.39. The lowest BCUT2D eigenvalue weighted by Crippen LogP contribution is -2.22. The first-order valence-corrected chi connectivity index (χ1v) is 6.17. The molecule has 0 bridgehead atoms. The maximum atomic E-state index is 10.9. The number of sulfonamides is 1. The molecule has 6 N–H and O–H groups in total. The average Bonchev–Trinajstić information content (AvgIpc) is 2.19. The highest BCUT2D eigenvalue weighted by molar-refractivity contribution is 7.89. The van der Waals surface area contributed by atoms with E-state index in [9.17, 15) is 8.42 Å². The third kappa shape index (κ3) is 4.76.